The Balaban J connectivity index is 1.49. The highest BCUT2D eigenvalue weighted by atomic mass is 16.1. The summed E-state index contributed by atoms with van der Waals surface area (Å²) in [6.07, 6.45) is 5.59. The summed E-state index contributed by atoms with van der Waals surface area (Å²) in [6.45, 7) is 6.11. The van der Waals surface area contributed by atoms with E-state index < -0.39 is 5.91 Å². The van der Waals surface area contributed by atoms with Crippen LogP contribution < -0.4 is 5.73 Å². The summed E-state index contributed by atoms with van der Waals surface area (Å²) in [6, 6.07) is 12.4. The molecule has 0 saturated carbocycles. The quantitative estimate of drug-likeness (QED) is 0.843. The maximum absolute atomic E-state index is 11.4. The fraction of sp³-hybridized carbons (Fsp3) is 0.450. The second kappa shape index (κ2) is 8.30. The molecule has 0 atom stereocenters. The average molecular weight is 339 g/mol. The number of amides is 1. The number of nitrogens with zero attached hydrogens (tertiary/aromatic N) is 3. The molecule has 1 aromatic heterocycles. The Hall–Kier alpha value is -2.14. The molecular weight excluding hydrogens is 312 g/mol. The zero-order valence-corrected chi connectivity index (χ0v) is 14.9. The second-order valence-electron chi connectivity index (χ2n) is 6.65. The van der Waals surface area contributed by atoms with E-state index in [1.807, 2.05) is 16.8 Å². The third-order valence-electron chi connectivity index (χ3n) is 4.99. The van der Waals surface area contributed by atoms with Gasteiger partial charge < -0.3 is 10.6 Å². The Labute approximate surface area is 149 Å². The number of carbonyl (C=O) groups excluding carboxylic acids is 1. The monoisotopic (exact) mass is 339 g/mol. The highest BCUT2D eigenvalue weighted by molar-refractivity contribution is 5.90. The molecule has 3 rings (SSSR count). The first-order valence-corrected chi connectivity index (χ1v) is 9.15. The van der Waals surface area contributed by atoms with Crippen LogP contribution in [0, 0.1) is 6.42 Å². The van der Waals surface area contributed by atoms with Crippen LogP contribution >= 0.6 is 0 Å². The van der Waals surface area contributed by atoms with E-state index in [4.69, 9.17) is 5.73 Å². The maximum Gasteiger partial charge on any atom is 0.269 e. The van der Waals surface area contributed by atoms with Crippen LogP contribution in [0.25, 0.3) is 0 Å². The van der Waals surface area contributed by atoms with Gasteiger partial charge in [0.1, 0.15) is 5.69 Å². The van der Waals surface area contributed by atoms with E-state index in [1.165, 1.54) is 5.56 Å². The molecule has 5 nitrogen and oxygen atoms in total. The van der Waals surface area contributed by atoms with Crippen molar-refractivity contribution in [1.82, 2.24) is 14.7 Å². The zero-order chi connectivity index (χ0) is 17.6. The van der Waals surface area contributed by atoms with Crippen LogP contribution in [0.3, 0.4) is 0 Å². The number of likely N-dealkylation sites (tertiary alicyclic amines) is 1. The molecule has 1 aliphatic rings. The van der Waals surface area contributed by atoms with Crippen molar-refractivity contribution in [3.05, 3.63) is 59.8 Å². The minimum atomic E-state index is -0.442. The molecular formula is C20H27N4O. The van der Waals surface area contributed by atoms with Gasteiger partial charge in [-0.1, -0.05) is 30.3 Å². The predicted molar refractivity (Wildman–Crippen MR) is 99.3 cm³/mol. The fourth-order valence-electron chi connectivity index (χ4n) is 3.59. The number of carbonyl (C=O) groups is 1. The number of hydrogen-bond acceptors (Lipinski definition) is 3. The number of rotatable bonds is 7. The molecule has 1 fully saturated rings. The molecule has 1 aliphatic heterocycles. The Morgan fingerprint density at radius 3 is 2.64 bits per heavy atom. The van der Waals surface area contributed by atoms with E-state index in [0.29, 0.717) is 11.6 Å². The minimum absolute atomic E-state index is 0.386. The largest absolute Gasteiger partial charge is 0.364 e. The van der Waals surface area contributed by atoms with Gasteiger partial charge in [0.25, 0.3) is 5.91 Å². The molecule has 0 spiro atoms. The van der Waals surface area contributed by atoms with Crippen molar-refractivity contribution in [2.75, 3.05) is 19.6 Å². The molecule has 0 bridgehead atoms. The molecule has 0 aliphatic carbocycles. The van der Waals surface area contributed by atoms with Gasteiger partial charge in [0, 0.05) is 18.2 Å². The first-order chi connectivity index (χ1) is 12.2. The molecule has 25 heavy (non-hydrogen) atoms. The smallest absolute Gasteiger partial charge is 0.269 e. The zero-order valence-electron chi connectivity index (χ0n) is 14.9. The number of nitrogens with two attached hydrogens (primary N) is 1. The van der Waals surface area contributed by atoms with Crippen molar-refractivity contribution in [3.8, 4) is 0 Å². The van der Waals surface area contributed by atoms with Crippen molar-refractivity contribution in [3.63, 3.8) is 0 Å². The van der Waals surface area contributed by atoms with Crippen molar-refractivity contribution in [1.29, 1.82) is 0 Å². The van der Waals surface area contributed by atoms with Gasteiger partial charge in [0.2, 0.25) is 0 Å². The first-order valence-electron chi connectivity index (χ1n) is 9.15. The van der Waals surface area contributed by atoms with Crippen LogP contribution in [-0.2, 0) is 6.54 Å². The normalized spacial score (nSPS) is 16.2. The lowest BCUT2D eigenvalue weighted by molar-refractivity contribution is 0.0995. The van der Waals surface area contributed by atoms with Crippen molar-refractivity contribution in [2.45, 2.75) is 38.6 Å². The standard InChI is InChI=1S/C20H27N4O/c1-2-24-19(15-18(22-24)20(21)25)17-10-13-23(14-11-17)12-6-9-16-7-4-3-5-8-16/h3-5,7-9,15,17H,2,6,10-14H2,1H3,(H2,21,25). The van der Waals surface area contributed by atoms with Crippen LogP contribution in [0.15, 0.2) is 36.4 Å². The Morgan fingerprint density at radius 1 is 1.28 bits per heavy atom. The summed E-state index contributed by atoms with van der Waals surface area (Å²) in [5.41, 5.74) is 8.22. The van der Waals surface area contributed by atoms with Crippen LogP contribution in [0.5, 0.6) is 0 Å². The minimum Gasteiger partial charge on any atom is -0.364 e. The van der Waals surface area contributed by atoms with Gasteiger partial charge in [-0.2, -0.15) is 5.10 Å². The van der Waals surface area contributed by atoms with Gasteiger partial charge in [-0.25, -0.2) is 0 Å². The van der Waals surface area contributed by atoms with Gasteiger partial charge in [0.15, 0.2) is 0 Å². The second-order valence-corrected chi connectivity index (χ2v) is 6.65. The van der Waals surface area contributed by atoms with E-state index in [-0.39, 0.29) is 0 Å². The van der Waals surface area contributed by atoms with Crippen LogP contribution in [0.2, 0.25) is 0 Å². The molecule has 1 amide bonds. The van der Waals surface area contributed by atoms with Crippen LogP contribution in [0.4, 0.5) is 0 Å². The Bertz CT molecular complexity index is 687. The van der Waals surface area contributed by atoms with E-state index >= 15 is 0 Å². The van der Waals surface area contributed by atoms with Gasteiger partial charge in [-0.05, 0) is 63.9 Å². The summed E-state index contributed by atoms with van der Waals surface area (Å²) in [4.78, 5) is 13.9. The summed E-state index contributed by atoms with van der Waals surface area (Å²) in [5.74, 6) is 0.0252. The number of aryl methyl sites for hydroxylation is 1. The summed E-state index contributed by atoms with van der Waals surface area (Å²) in [5, 5.41) is 4.33. The molecule has 1 radical (unpaired) electrons. The lowest BCUT2D eigenvalue weighted by Gasteiger charge is -2.32. The van der Waals surface area contributed by atoms with Gasteiger partial charge >= 0.3 is 0 Å². The molecule has 133 valence electrons. The number of aromatic nitrogens is 2. The molecule has 2 N–H and O–H groups in total. The summed E-state index contributed by atoms with van der Waals surface area (Å²) in [7, 11) is 0. The van der Waals surface area contributed by atoms with Crippen LogP contribution in [-0.4, -0.2) is 40.2 Å². The van der Waals surface area contributed by atoms with Crippen molar-refractivity contribution >= 4 is 5.91 Å². The number of hydrogen-bond donors (Lipinski definition) is 1. The third kappa shape index (κ3) is 4.48. The first kappa shape index (κ1) is 17.7. The molecule has 0 unspecified atom stereocenters. The molecule has 1 saturated heterocycles. The number of benzene rings is 1. The lowest BCUT2D eigenvalue weighted by atomic mass is 9.93. The third-order valence-corrected chi connectivity index (χ3v) is 4.99. The van der Waals surface area contributed by atoms with Crippen LogP contribution in [0.1, 0.15) is 53.8 Å². The number of primary amides is 1. The molecule has 2 aromatic rings. The highest BCUT2D eigenvalue weighted by Crippen LogP contribution is 2.28. The van der Waals surface area contributed by atoms with Gasteiger partial charge in [0.05, 0.1) is 0 Å². The maximum atomic E-state index is 11.4. The summed E-state index contributed by atoms with van der Waals surface area (Å²) < 4.78 is 1.93. The predicted octanol–water partition coefficient (Wildman–Crippen LogP) is 2.82. The van der Waals surface area contributed by atoms with E-state index in [1.54, 1.807) is 0 Å². The average Bonchev–Trinajstić information content (AvgIpc) is 3.08. The summed E-state index contributed by atoms with van der Waals surface area (Å²) >= 11 is 0. The van der Waals surface area contributed by atoms with Gasteiger partial charge in [-0.3, -0.25) is 9.48 Å². The Morgan fingerprint density at radius 2 is 2.00 bits per heavy atom. The fourth-order valence-corrected chi connectivity index (χ4v) is 3.59. The molecule has 1 aromatic carbocycles. The molecule has 2 heterocycles. The SMILES string of the molecule is CCn1nc(C(N)=O)cc1C1CCN(CC[CH]c2ccccc2)CC1. The Kier molecular flexibility index (Phi) is 5.87. The van der Waals surface area contributed by atoms with E-state index in [2.05, 4.69) is 47.6 Å². The van der Waals surface area contributed by atoms with Gasteiger partial charge in [-0.15, -0.1) is 0 Å². The van der Waals surface area contributed by atoms with E-state index in [0.717, 1.165) is 51.1 Å². The lowest BCUT2D eigenvalue weighted by Crippen LogP contribution is -2.34. The highest BCUT2D eigenvalue weighted by Gasteiger charge is 2.24. The molecule has 5 heteroatoms. The van der Waals surface area contributed by atoms with E-state index in [9.17, 15) is 4.79 Å². The van der Waals surface area contributed by atoms with Crippen molar-refractivity contribution < 1.29 is 4.79 Å². The topological polar surface area (TPSA) is 64.2 Å². The van der Waals surface area contributed by atoms with Crippen molar-refractivity contribution in [2.24, 2.45) is 5.73 Å². The number of piperidine rings is 1.